The molecule has 9 heteroatoms. The van der Waals surface area contributed by atoms with E-state index in [-0.39, 0.29) is 5.91 Å². The molecule has 1 N–H and O–H groups in total. The standard InChI is InChI=1S/C17H26N6O3/c1-4-6-7-23-13-14(20(3)17(26)19-15(13)25)18-16(23)22-10-8-21(9-11-22)12(24)5-2/h4-11H2,1-3H3,(H,19,25,26). The minimum atomic E-state index is -0.465. The molecule has 0 saturated carbocycles. The van der Waals surface area contributed by atoms with Gasteiger partial charge in [-0.3, -0.25) is 19.1 Å². The molecule has 26 heavy (non-hydrogen) atoms. The molecule has 2 aromatic heterocycles. The molecule has 0 spiro atoms. The molecule has 142 valence electrons. The van der Waals surface area contributed by atoms with Gasteiger partial charge in [-0.1, -0.05) is 20.3 Å². The number of fused-ring (bicyclic) bond motifs is 1. The van der Waals surface area contributed by atoms with Gasteiger partial charge in [0.25, 0.3) is 5.56 Å². The summed E-state index contributed by atoms with van der Waals surface area (Å²) >= 11 is 0. The molecule has 3 rings (SSSR count). The first kappa shape index (κ1) is 18.2. The van der Waals surface area contributed by atoms with Gasteiger partial charge in [0, 0.05) is 46.2 Å². The van der Waals surface area contributed by atoms with E-state index in [0.29, 0.717) is 56.3 Å². The molecule has 1 amide bonds. The molecule has 0 bridgehead atoms. The van der Waals surface area contributed by atoms with Gasteiger partial charge in [0.15, 0.2) is 11.2 Å². The Morgan fingerprint density at radius 2 is 1.85 bits per heavy atom. The van der Waals surface area contributed by atoms with E-state index in [2.05, 4.69) is 21.8 Å². The van der Waals surface area contributed by atoms with E-state index in [1.807, 2.05) is 16.4 Å². The fourth-order valence-electron chi connectivity index (χ4n) is 3.37. The fourth-order valence-corrected chi connectivity index (χ4v) is 3.37. The normalized spacial score (nSPS) is 15.0. The summed E-state index contributed by atoms with van der Waals surface area (Å²) in [7, 11) is 1.61. The first-order chi connectivity index (χ1) is 12.5. The van der Waals surface area contributed by atoms with Crippen LogP contribution in [0.1, 0.15) is 33.1 Å². The van der Waals surface area contributed by atoms with Crippen LogP contribution in [-0.2, 0) is 18.4 Å². The van der Waals surface area contributed by atoms with Gasteiger partial charge >= 0.3 is 5.69 Å². The molecule has 0 atom stereocenters. The van der Waals surface area contributed by atoms with E-state index >= 15 is 0 Å². The number of nitrogens with zero attached hydrogens (tertiary/aromatic N) is 5. The van der Waals surface area contributed by atoms with Crippen LogP contribution in [0.15, 0.2) is 9.59 Å². The minimum absolute atomic E-state index is 0.156. The summed E-state index contributed by atoms with van der Waals surface area (Å²) in [6.07, 6.45) is 2.41. The smallest absolute Gasteiger partial charge is 0.329 e. The Hall–Kier alpha value is -2.58. The van der Waals surface area contributed by atoms with Gasteiger partial charge in [0.1, 0.15) is 0 Å². The van der Waals surface area contributed by atoms with Crippen molar-refractivity contribution in [3.8, 4) is 0 Å². The highest BCUT2D eigenvalue weighted by atomic mass is 16.2. The van der Waals surface area contributed by atoms with Crippen molar-refractivity contribution in [2.24, 2.45) is 7.05 Å². The van der Waals surface area contributed by atoms with Crippen molar-refractivity contribution >= 4 is 23.0 Å². The number of piperazine rings is 1. The highest BCUT2D eigenvalue weighted by Crippen LogP contribution is 2.21. The summed E-state index contributed by atoms with van der Waals surface area (Å²) in [5, 5.41) is 0. The Morgan fingerprint density at radius 3 is 2.46 bits per heavy atom. The van der Waals surface area contributed by atoms with Crippen molar-refractivity contribution in [2.75, 3.05) is 31.1 Å². The lowest BCUT2D eigenvalue weighted by Crippen LogP contribution is -2.49. The first-order valence-electron chi connectivity index (χ1n) is 9.20. The summed E-state index contributed by atoms with van der Waals surface area (Å²) in [5.74, 6) is 0.853. The lowest BCUT2D eigenvalue weighted by Gasteiger charge is -2.35. The number of amides is 1. The maximum atomic E-state index is 12.4. The van der Waals surface area contributed by atoms with Crippen molar-refractivity contribution < 1.29 is 4.79 Å². The average Bonchev–Trinajstić information content (AvgIpc) is 3.04. The Kier molecular flexibility index (Phi) is 5.15. The second kappa shape index (κ2) is 7.35. The van der Waals surface area contributed by atoms with Crippen molar-refractivity contribution in [2.45, 2.75) is 39.7 Å². The van der Waals surface area contributed by atoms with Crippen LogP contribution in [0.25, 0.3) is 11.2 Å². The Balaban J connectivity index is 2.01. The van der Waals surface area contributed by atoms with E-state index in [9.17, 15) is 14.4 Å². The molecule has 1 fully saturated rings. The fraction of sp³-hybridized carbons (Fsp3) is 0.647. The maximum Gasteiger partial charge on any atom is 0.329 e. The quantitative estimate of drug-likeness (QED) is 0.824. The zero-order valence-corrected chi connectivity index (χ0v) is 15.6. The third-order valence-electron chi connectivity index (χ3n) is 4.94. The van der Waals surface area contributed by atoms with Gasteiger partial charge in [0.05, 0.1) is 0 Å². The predicted molar refractivity (Wildman–Crippen MR) is 99.6 cm³/mol. The van der Waals surface area contributed by atoms with Gasteiger partial charge in [-0.05, 0) is 6.42 Å². The van der Waals surface area contributed by atoms with Gasteiger partial charge in [0.2, 0.25) is 11.9 Å². The number of hydrogen-bond acceptors (Lipinski definition) is 5. The second-order valence-corrected chi connectivity index (χ2v) is 6.63. The third kappa shape index (κ3) is 3.13. The van der Waals surface area contributed by atoms with E-state index in [0.717, 1.165) is 12.8 Å². The number of nitrogens with one attached hydrogen (secondary N) is 1. The lowest BCUT2D eigenvalue weighted by atomic mass is 10.3. The van der Waals surface area contributed by atoms with Crippen molar-refractivity contribution in [1.29, 1.82) is 0 Å². The van der Waals surface area contributed by atoms with Crippen LogP contribution in [0, 0.1) is 0 Å². The van der Waals surface area contributed by atoms with Crippen LogP contribution in [0.3, 0.4) is 0 Å². The second-order valence-electron chi connectivity index (χ2n) is 6.63. The Morgan fingerprint density at radius 1 is 1.15 bits per heavy atom. The molecule has 1 saturated heterocycles. The van der Waals surface area contributed by atoms with E-state index in [1.54, 1.807) is 7.05 Å². The van der Waals surface area contributed by atoms with Crippen LogP contribution in [0.4, 0.5) is 5.95 Å². The summed E-state index contributed by atoms with van der Waals surface area (Å²) in [4.78, 5) is 47.2. The molecule has 0 unspecified atom stereocenters. The van der Waals surface area contributed by atoms with Crippen molar-refractivity contribution in [1.82, 2.24) is 24.0 Å². The van der Waals surface area contributed by atoms with E-state index < -0.39 is 11.2 Å². The van der Waals surface area contributed by atoms with Gasteiger partial charge in [-0.2, -0.15) is 4.98 Å². The molecule has 0 aromatic carbocycles. The van der Waals surface area contributed by atoms with E-state index in [4.69, 9.17) is 0 Å². The number of aryl methyl sites for hydroxylation is 2. The summed E-state index contributed by atoms with van der Waals surface area (Å²) in [5.41, 5.74) is -0.0372. The number of aromatic nitrogens is 4. The number of aromatic amines is 1. The zero-order valence-electron chi connectivity index (χ0n) is 15.6. The molecular weight excluding hydrogens is 336 g/mol. The third-order valence-corrected chi connectivity index (χ3v) is 4.94. The molecule has 0 radical (unpaired) electrons. The van der Waals surface area contributed by atoms with Gasteiger partial charge < -0.3 is 14.4 Å². The summed E-state index contributed by atoms with van der Waals surface area (Å²) in [6, 6.07) is 0. The van der Waals surface area contributed by atoms with Gasteiger partial charge in [-0.25, -0.2) is 4.79 Å². The Bertz CT molecular complexity index is 917. The summed E-state index contributed by atoms with van der Waals surface area (Å²) in [6.45, 7) is 7.22. The zero-order chi connectivity index (χ0) is 18.8. The van der Waals surface area contributed by atoms with Crippen LogP contribution in [-0.4, -0.2) is 56.1 Å². The maximum absolute atomic E-state index is 12.4. The molecular formula is C17H26N6O3. The number of hydrogen-bond donors (Lipinski definition) is 1. The number of anilines is 1. The molecule has 9 nitrogen and oxygen atoms in total. The number of unbranched alkanes of at least 4 members (excludes halogenated alkanes) is 1. The molecule has 2 aromatic rings. The van der Waals surface area contributed by atoms with Gasteiger partial charge in [-0.15, -0.1) is 0 Å². The Labute approximate surface area is 151 Å². The number of H-pyrrole nitrogens is 1. The minimum Gasteiger partial charge on any atom is -0.339 e. The van der Waals surface area contributed by atoms with Crippen LogP contribution >= 0.6 is 0 Å². The molecule has 1 aliphatic rings. The molecule has 3 heterocycles. The molecule has 1 aliphatic heterocycles. The highest BCUT2D eigenvalue weighted by molar-refractivity contribution is 5.76. The monoisotopic (exact) mass is 362 g/mol. The molecule has 0 aliphatic carbocycles. The number of carbonyl (C=O) groups is 1. The number of imidazole rings is 1. The van der Waals surface area contributed by atoms with Crippen LogP contribution < -0.4 is 16.1 Å². The largest absolute Gasteiger partial charge is 0.339 e. The number of rotatable bonds is 5. The first-order valence-corrected chi connectivity index (χ1v) is 9.20. The van der Waals surface area contributed by atoms with E-state index in [1.165, 1.54) is 4.57 Å². The van der Waals surface area contributed by atoms with Crippen LogP contribution in [0.2, 0.25) is 0 Å². The number of carbonyl (C=O) groups excluding carboxylic acids is 1. The lowest BCUT2D eigenvalue weighted by molar-refractivity contribution is -0.131. The predicted octanol–water partition coefficient (Wildman–Crippen LogP) is 0.282. The van der Waals surface area contributed by atoms with Crippen molar-refractivity contribution in [3.05, 3.63) is 20.8 Å². The highest BCUT2D eigenvalue weighted by Gasteiger charge is 2.25. The topological polar surface area (TPSA) is 96.2 Å². The summed E-state index contributed by atoms with van der Waals surface area (Å²) < 4.78 is 3.29. The average molecular weight is 362 g/mol. The van der Waals surface area contributed by atoms with Crippen LogP contribution in [0.5, 0.6) is 0 Å². The van der Waals surface area contributed by atoms with Crippen molar-refractivity contribution in [3.63, 3.8) is 0 Å². The SMILES string of the molecule is CCCCn1c(N2CCN(C(=O)CC)CC2)nc2c1c(=O)[nH]c(=O)n2C.